The van der Waals surface area contributed by atoms with Gasteiger partial charge in [-0.15, -0.1) is 12.6 Å². The van der Waals surface area contributed by atoms with Gasteiger partial charge in [0.2, 0.25) is 5.88 Å². The van der Waals surface area contributed by atoms with E-state index in [1.165, 1.54) is 6.33 Å². The Morgan fingerprint density at radius 3 is 2.81 bits per heavy atom. The maximum absolute atomic E-state index is 12.0. The van der Waals surface area contributed by atoms with Crippen LogP contribution in [0.5, 0.6) is 5.88 Å². The summed E-state index contributed by atoms with van der Waals surface area (Å²) in [5.74, 6) is 1.16. The van der Waals surface area contributed by atoms with Gasteiger partial charge in [-0.3, -0.25) is 4.98 Å². The third-order valence-electron chi connectivity index (χ3n) is 4.66. The standard InChI is InChI=1S/C23H29N5O3S/c1-17(2)30-23(29)28-12-9-19(10-13-28)31-22-14-21(26-16-27-22)25-15-20(32)8-5-7-18-6-3-4-11-24-18/h3-8,11,14,16-17,19,32H,9-10,12-13,15H2,1-2H3,(H,25,26,27)/b7-5+,20-8-. The van der Waals surface area contributed by atoms with Crippen LogP contribution >= 0.6 is 12.6 Å². The lowest BCUT2D eigenvalue weighted by atomic mass is 10.1. The van der Waals surface area contributed by atoms with Crippen molar-refractivity contribution in [2.24, 2.45) is 0 Å². The molecule has 32 heavy (non-hydrogen) atoms. The molecular weight excluding hydrogens is 426 g/mol. The molecule has 0 aliphatic carbocycles. The molecule has 0 bridgehead atoms. The lowest BCUT2D eigenvalue weighted by Gasteiger charge is -2.31. The highest BCUT2D eigenvalue weighted by Gasteiger charge is 2.25. The molecule has 0 atom stereocenters. The van der Waals surface area contributed by atoms with Crippen LogP contribution in [0.25, 0.3) is 6.08 Å². The van der Waals surface area contributed by atoms with E-state index in [9.17, 15) is 4.79 Å². The predicted molar refractivity (Wildman–Crippen MR) is 128 cm³/mol. The number of rotatable bonds is 8. The van der Waals surface area contributed by atoms with Gasteiger partial charge in [0.25, 0.3) is 0 Å². The highest BCUT2D eigenvalue weighted by molar-refractivity contribution is 7.84. The molecule has 0 saturated carbocycles. The van der Waals surface area contributed by atoms with Crippen molar-refractivity contribution in [1.82, 2.24) is 19.9 Å². The number of hydrogen-bond donors (Lipinski definition) is 2. The molecule has 9 heteroatoms. The fourth-order valence-electron chi connectivity index (χ4n) is 3.08. The molecule has 1 N–H and O–H groups in total. The van der Waals surface area contributed by atoms with Gasteiger partial charge in [0, 0.05) is 49.6 Å². The minimum Gasteiger partial charge on any atom is -0.474 e. The number of allylic oxidation sites excluding steroid dienone is 2. The fraction of sp³-hybridized carbons (Fsp3) is 0.391. The topological polar surface area (TPSA) is 89.5 Å². The molecule has 3 rings (SSSR count). The van der Waals surface area contributed by atoms with Gasteiger partial charge in [0.05, 0.1) is 11.8 Å². The van der Waals surface area contributed by atoms with Crippen molar-refractivity contribution in [3.8, 4) is 5.88 Å². The molecule has 2 aromatic rings. The number of thiol groups is 1. The molecular formula is C23H29N5O3S. The van der Waals surface area contributed by atoms with Crippen molar-refractivity contribution in [3.63, 3.8) is 0 Å². The minimum atomic E-state index is -0.266. The maximum Gasteiger partial charge on any atom is 0.410 e. The Hall–Kier alpha value is -3.07. The summed E-state index contributed by atoms with van der Waals surface area (Å²) in [5.41, 5.74) is 0.887. The average Bonchev–Trinajstić information content (AvgIpc) is 2.79. The smallest absolute Gasteiger partial charge is 0.410 e. The van der Waals surface area contributed by atoms with E-state index < -0.39 is 0 Å². The van der Waals surface area contributed by atoms with E-state index >= 15 is 0 Å². The molecule has 1 amide bonds. The van der Waals surface area contributed by atoms with Gasteiger partial charge in [0.15, 0.2) is 0 Å². The van der Waals surface area contributed by atoms with E-state index in [1.807, 2.05) is 50.3 Å². The van der Waals surface area contributed by atoms with Crippen molar-refractivity contribution in [2.75, 3.05) is 25.0 Å². The van der Waals surface area contributed by atoms with Crippen LogP contribution in [0.2, 0.25) is 0 Å². The number of aromatic nitrogens is 3. The second-order valence-corrected chi connectivity index (χ2v) is 8.18. The van der Waals surface area contributed by atoms with E-state index in [0.717, 1.165) is 23.4 Å². The second kappa shape index (κ2) is 12.1. The molecule has 0 aromatic carbocycles. The van der Waals surface area contributed by atoms with E-state index in [-0.39, 0.29) is 18.3 Å². The lowest BCUT2D eigenvalue weighted by molar-refractivity contribution is 0.0507. The van der Waals surface area contributed by atoms with Crippen LogP contribution in [-0.2, 0) is 4.74 Å². The number of hydrogen-bond acceptors (Lipinski definition) is 8. The monoisotopic (exact) mass is 455 g/mol. The van der Waals surface area contributed by atoms with Gasteiger partial charge in [-0.2, -0.15) is 0 Å². The summed E-state index contributed by atoms with van der Waals surface area (Å²) in [6, 6.07) is 7.53. The summed E-state index contributed by atoms with van der Waals surface area (Å²) >= 11 is 4.49. The average molecular weight is 456 g/mol. The number of carbonyl (C=O) groups is 1. The third-order valence-corrected chi connectivity index (χ3v) is 4.97. The quantitative estimate of drug-likeness (QED) is 0.455. The molecule has 2 aromatic heterocycles. The second-order valence-electron chi connectivity index (χ2n) is 7.60. The predicted octanol–water partition coefficient (Wildman–Crippen LogP) is 4.20. The van der Waals surface area contributed by atoms with Gasteiger partial charge in [0.1, 0.15) is 18.2 Å². The van der Waals surface area contributed by atoms with E-state index in [4.69, 9.17) is 9.47 Å². The third kappa shape index (κ3) is 7.88. The maximum atomic E-state index is 12.0. The SMILES string of the molecule is CC(C)OC(=O)N1CCC(Oc2cc(NC/C(S)=C/C=C/c3ccccn3)ncn2)CC1. The van der Waals surface area contributed by atoms with Crippen LogP contribution in [0.4, 0.5) is 10.6 Å². The number of pyridine rings is 1. The number of amides is 1. The number of ether oxygens (including phenoxy) is 2. The largest absolute Gasteiger partial charge is 0.474 e. The molecule has 8 nitrogen and oxygen atoms in total. The Morgan fingerprint density at radius 2 is 2.09 bits per heavy atom. The van der Waals surface area contributed by atoms with E-state index in [0.29, 0.717) is 31.3 Å². The number of anilines is 1. The fourth-order valence-corrected chi connectivity index (χ4v) is 3.24. The van der Waals surface area contributed by atoms with Crippen LogP contribution in [0.1, 0.15) is 32.4 Å². The van der Waals surface area contributed by atoms with E-state index in [2.05, 4.69) is 32.9 Å². The first kappa shape index (κ1) is 23.6. The van der Waals surface area contributed by atoms with Crippen LogP contribution in [0, 0.1) is 0 Å². The minimum absolute atomic E-state index is 0.00193. The molecule has 0 radical (unpaired) electrons. The zero-order chi connectivity index (χ0) is 22.8. The number of carbonyl (C=O) groups excluding carboxylic acids is 1. The number of nitrogens with zero attached hydrogens (tertiary/aromatic N) is 4. The van der Waals surface area contributed by atoms with Gasteiger partial charge < -0.3 is 19.7 Å². The van der Waals surface area contributed by atoms with Gasteiger partial charge in [-0.25, -0.2) is 14.8 Å². The van der Waals surface area contributed by atoms with Gasteiger partial charge in [-0.05, 0) is 32.1 Å². The normalized spacial score (nSPS) is 15.2. The molecule has 3 heterocycles. The van der Waals surface area contributed by atoms with Crippen molar-refractivity contribution >= 4 is 30.6 Å². The summed E-state index contributed by atoms with van der Waals surface area (Å²) in [7, 11) is 0. The number of piperidine rings is 1. The Kier molecular flexibility index (Phi) is 8.91. The van der Waals surface area contributed by atoms with E-state index in [1.54, 1.807) is 17.2 Å². The molecule has 1 aliphatic heterocycles. The molecule has 1 saturated heterocycles. The highest BCUT2D eigenvalue weighted by Crippen LogP contribution is 2.20. The highest BCUT2D eigenvalue weighted by atomic mass is 32.1. The summed E-state index contributed by atoms with van der Waals surface area (Å²) in [5, 5.41) is 3.22. The van der Waals surface area contributed by atoms with Crippen LogP contribution in [-0.4, -0.2) is 57.8 Å². The van der Waals surface area contributed by atoms with Crippen molar-refractivity contribution in [1.29, 1.82) is 0 Å². The van der Waals surface area contributed by atoms with Crippen molar-refractivity contribution < 1.29 is 14.3 Å². The summed E-state index contributed by atoms with van der Waals surface area (Å²) in [4.78, 5) is 27.2. The lowest BCUT2D eigenvalue weighted by Crippen LogP contribution is -2.42. The first-order chi connectivity index (χ1) is 15.5. The molecule has 1 aliphatic rings. The Labute approximate surface area is 194 Å². The molecule has 0 unspecified atom stereocenters. The van der Waals surface area contributed by atoms with Crippen molar-refractivity contribution in [2.45, 2.75) is 38.9 Å². The first-order valence-electron chi connectivity index (χ1n) is 10.6. The summed E-state index contributed by atoms with van der Waals surface area (Å²) < 4.78 is 11.3. The number of likely N-dealkylation sites (tertiary alicyclic amines) is 1. The first-order valence-corrected chi connectivity index (χ1v) is 11.1. The van der Waals surface area contributed by atoms with Crippen LogP contribution in [0.3, 0.4) is 0 Å². The summed E-state index contributed by atoms with van der Waals surface area (Å²) in [6.07, 6.45) is 10.0. The molecule has 170 valence electrons. The zero-order valence-electron chi connectivity index (χ0n) is 18.3. The Balaban J connectivity index is 1.45. The van der Waals surface area contributed by atoms with Gasteiger partial charge >= 0.3 is 6.09 Å². The van der Waals surface area contributed by atoms with Crippen LogP contribution in [0.15, 0.2) is 53.8 Å². The van der Waals surface area contributed by atoms with Crippen LogP contribution < -0.4 is 10.1 Å². The van der Waals surface area contributed by atoms with Crippen molar-refractivity contribution in [3.05, 3.63) is 59.5 Å². The Bertz CT molecular complexity index is 928. The number of nitrogens with one attached hydrogen (secondary N) is 1. The zero-order valence-corrected chi connectivity index (χ0v) is 19.2. The molecule has 0 spiro atoms. The Morgan fingerprint density at radius 1 is 1.28 bits per heavy atom. The molecule has 1 fully saturated rings. The van der Waals surface area contributed by atoms with Gasteiger partial charge in [-0.1, -0.05) is 18.2 Å². The summed E-state index contributed by atoms with van der Waals surface area (Å²) in [6.45, 7) is 5.42.